The number of halogens is 3. The van der Waals surface area contributed by atoms with Crippen LogP contribution in [0.15, 0.2) is 12.1 Å². The Morgan fingerprint density at radius 1 is 1.11 bits per heavy atom. The van der Waals surface area contributed by atoms with Gasteiger partial charge in [-0.25, -0.2) is 22.7 Å². The highest BCUT2D eigenvalue weighted by atomic mass is 32.2. The van der Waals surface area contributed by atoms with E-state index in [9.17, 15) is 26.4 Å². The Morgan fingerprint density at radius 2 is 1.77 bits per heavy atom. The molecule has 12 heteroatoms. The summed E-state index contributed by atoms with van der Waals surface area (Å²) in [6.07, 6.45) is -3.97. The van der Waals surface area contributed by atoms with E-state index in [-0.39, 0.29) is 37.6 Å². The zero-order valence-electron chi connectivity index (χ0n) is 20.3. The number of hydrogen-bond donors (Lipinski definition) is 0. The number of nitrogens with zero attached hydrogens (tertiary/aromatic N) is 4. The van der Waals surface area contributed by atoms with Crippen LogP contribution in [0.1, 0.15) is 74.7 Å². The van der Waals surface area contributed by atoms with E-state index in [0.717, 1.165) is 0 Å². The molecule has 0 N–H and O–H groups in total. The van der Waals surface area contributed by atoms with E-state index in [1.165, 1.54) is 9.42 Å². The molecule has 2 aromatic heterocycles. The fourth-order valence-corrected chi connectivity index (χ4v) is 6.55. The highest BCUT2D eigenvalue weighted by Crippen LogP contribution is 2.43. The smallest absolute Gasteiger partial charge is 0.410 e. The first-order valence-corrected chi connectivity index (χ1v) is 13.5. The fraction of sp³-hybridized carbons (Fsp3) is 0.696. The number of rotatable bonds is 2. The van der Waals surface area contributed by atoms with E-state index in [1.807, 2.05) is 0 Å². The van der Waals surface area contributed by atoms with Crippen molar-refractivity contribution in [1.82, 2.24) is 19.5 Å². The lowest BCUT2D eigenvalue weighted by molar-refractivity contribution is -0.182. The minimum absolute atomic E-state index is 0.0355. The third-order valence-corrected chi connectivity index (χ3v) is 8.67. The molecule has 1 amide bonds. The van der Waals surface area contributed by atoms with Crippen LogP contribution < -0.4 is 0 Å². The quantitative estimate of drug-likeness (QED) is 0.580. The van der Waals surface area contributed by atoms with E-state index in [1.54, 1.807) is 39.8 Å². The molecule has 4 rings (SSSR count). The summed E-state index contributed by atoms with van der Waals surface area (Å²) in [4.78, 5) is 18.5. The van der Waals surface area contributed by atoms with Crippen LogP contribution in [-0.4, -0.2) is 64.6 Å². The summed E-state index contributed by atoms with van der Waals surface area (Å²) < 4.78 is 72.3. The van der Waals surface area contributed by atoms with Crippen LogP contribution in [0.2, 0.25) is 0 Å². The number of sulfone groups is 1. The van der Waals surface area contributed by atoms with Crippen LogP contribution in [0.4, 0.5) is 18.0 Å². The molecule has 0 bridgehead atoms. The molecular weight excluding hydrogens is 485 g/mol. The van der Waals surface area contributed by atoms with Crippen molar-refractivity contribution in [3.05, 3.63) is 29.2 Å². The molecule has 3 heterocycles. The standard InChI is InChI=1S/C23H31F3N4O4S/c1-14-11-18(19-13-29(9-10-35(19,32)33)21(31)34-22(2,3)4)30-20(27-14)12-17(28-30)15-5-7-16(8-6-15)23(24,25)26/h11-12,15-16,19H,5-10,13H2,1-4H3/t15-,16-,19?. The molecule has 1 aliphatic carbocycles. The van der Waals surface area contributed by atoms with Gasteiger partial charge >= 0.3 is 12.3 Å². The maximum absolute atomic E-state index is 13.1. The third kappa shape index (κ3) is 5.57. The molecule has 2 fully saturated rings. The van der Waals surface area contributed by atoms with Gasteiger partial charge in [-0.2, -0.15) is 18.3 Å². The number of ether oxygens (including phenoxy) is 1. The maximum Gasteiger partial charge on any atom is 0.410 e. The highest BCUT2D eigenvalue weighted by Gasteiger charge is 2.42. The van der Waals surface area contributed by atoms with Gasteiger partial charge in [0.1, 0.15) is 10.9 Å². The van der Waals surface area contributed by atoms with Gasteiger partial charge in [0.2, 0.25) is 0 Å². The van der Waals surface area contributed by atoms with E-state index >= 15 is 0 Å². The van der Waals surface area contributed by atoms with Crippen LogP contribution in [0.3, 0.4) is 0 Å². The van der Waals surface area contributed by atoms with Crippen LogP contribution in [-0.2, 0) is 14.6 Å². The van der Waals surface area contributed by atoms with Gasteiger partial charge in [-0.15, -0.1) is 0 Å². The van der Waals surface area contributed by atoms with Crippen molar-refractivity contribution in [2.75, 3.05) is 18.8 Å². The third-order valence-electron chi connectivity index (χ3n) is 6.66. The number of aromatic nitrogens is 3. The zero-order valence-corrected chi connectivity index (χ0v) is 21.1. The van der Waals surface area contributed by atoms with Gasteiger partial charge in [0.05, 0.1) is 23.1 Å². The average molecular weight is 517 g/mol. The summed E-state index contributed by atoms with van der Waals surface area (Å²) >= 11 is 0. The van der Waals surface area contributed by atoms with Crippen molar-refractivity contribution < 1.29 is 31.1 Å². The lowest BCUT2D eigenvalue weighted by Gasteiger charge is -2.34. The number of amides is 1. The molecule has 8 nitrogen and oxygen atoms in total. The molecule has 0 radical (unpaired) electrons. The highest BCUT2D eigenvalue weighted by molar-refractivity contribution is 7.91. The van der Waals surface area contributed by atoms with E-state index in [0.29, 0.717) is 35.6 Å². The lowest BCUT2D eigenvalue weighted by atomic mass is 9.80. The first-order valence-electron chi connectivity index (χ1n) is 11.8. The second-order valence-corrected chi connectivity index (χ2v) is 12.8. The minimum atomic E-state index is -4.19. The average Bonchev–Trinajstić information content (AvgIpc) is 3.15. The first-order chi connectivity index (χ1) is 16.1. The summed E-state index contributed by atoms with van der Waals surface area (Å²) in [6.45, 7) is 6.92. The Kier molecular flexibility index (Phi) is 6.56. The fourth-order valence-electron chi connectivity index (χ4n) is 4.85. The Hall–Kier alpha value is -2.37. The SMILES string of the molecule is Cc1cc(C2CN(C(=O)OC(C)(C)C)CCS2(=O)=O)n2nc([C@H]3CC[C@H](C(F)(F)F)CC3)cc2n1. The molecule has 0 spiro atoms. The van der Waals surface area contributed by atoms with Crippen LogP contribution >= 0.6 is 0 Å². The monoisotopic (exact) mass is 516 g/mol. The van der Waals surface area contributed by atoms with Crippen LogP contribution in [0.25, 0.3) is 5.65 Å². The minimum Gasteiger partial charge on any atom is -0.444 e. The predicted octanol–water partition coefficient (Wildman–Crippen LogP) is 4.58. The van der Waals surface area contributed by atoms with Crippen molar-refractivity contribution in [3.8, 4) is 0 Å². The first kappa shape index (κ1) is 25.7. The van der Waals surface area contributed by atoms with Crippen molar-refractivity contribution in [3.63, 3.8) is 0 Å². The van der Waals surface area contributed by atoms with Gasteiger partial charge in [-0.3, -0.25) is 0 Å². The zero-order chi connectivity index (χ0) is 25.8. The van der Waals surface area contributed by atoms with Gasteiger partial charge in [-0.1, -0.05) is 0 Å². The normalized spacial score (nSPS) is 25.6. The second kappa shape index (κ2) is 8.94. The van der Waals surface area contributed by atoms with Crippen molar-refractivity contribution in [2.24, 2.45) is 5.92 Å². The lowest BCUT2D eigenvalue weighted by Crippen LogP contribution is -2.47. The van der Waals surface area contributed by atoms with Crippen molar-refractivity contribution >= 4 is 21.6 Å². The predicted molar refractivity (Wildman–Crippen MR) is 123 cm³/mol. The number of hydrogen-bond acceptors (Lipinski definition) is 6. The number of carbonyl (C=O) groups is 1. The molecule has 1 saturated carbocycles. The van der Waals surface area contributed by atoms with Crippen molar-refractivity contribution in [1.29, 1.82) is 0 Å². The van der Waals surface area contributed by atoms with Gasteiger partial charge in [0.25, 0.3) is 0 Å². The van der Waals surface area contributed by atoms with Crippen molar-refractivity contribution in [2.45, 2.75) is 76.3 Å². The van der Waals surface area contributed by atoms with Crippen LogP contribution in [0.5, 0.6) is 0 Å². The number of fused-ring (bicyclic) bond motifs is 1. The Balaban J connectivity index is 1.64. The molecule has 35 heavy (non-hydrogen) atoms. The molecule has 1 saturated heterocycles. The summed E-state index contributed by atoms with van der Waals surface area (Å²) in [5, 5.41) is 3.58. The molecule has 1 atom stereocenters. The second-order valence-electron chi connectivity index (χ2n) is 10.5. The summed E-state index contributed by atoms with van der Waals surface area (Å²) in [6, 6.07) is 3.38. The Labute approximate surface area is 202 Å². The van der Waals surface area contributed by atoms with Gasteiger partial charge < -0.3 is 9.64 Å². The number of aryl methyl sites for hydroxylation is 1. The summed E-state index contributed by atoms with van der Waals surface area (Å²) in [5.41, 5.74) is 1.31. The summed E-state index contributed by atoms with van der Waals surface area (Å²) in [5.74, 6) is -1.65. The van der Waals surface area contributed by atoms with Gasteiger partial charge in [0.15, 0.2) is 15.5 Å². The molecule has 1 unspecified atom stereocenters. The molecular formula is C23H31F3N4O4S. The van der Waals surface area contributed by atoms with Gasteiger partial charge in [-0.05, 0) is 59.4 Å². The van der Waals surface area contributed by atoms with Gasteiger partial charge in [0, 0.05) is 30.8 Å². The number of carbonyl (C=O) groups excluding carboxylic acids is 1. The molecule has 194 valence electrons. The number of alkyl halides is 3. The Bertz CT molecular complexity index is 1210. The van der Waals surface area contributed by atoms with E-state index in [4.69, 9.17) is 4.74 Å². The van der Waals surface area contributed by atoms with Crippen LogP contribution in [0, 0.1) is 12.8 Å². The van der Waals surface area contributed by atoms with E-state index in [2.05, 4.69) is 10.1 Å². The molecule has 0 aromatic carbocycles. The molecule has 2 aromatic rings. The summed E-state index contributed by atoms with van der Waals surface area (Å²) in [7, 11) is -3.60. The Morgan fingerprint density at radius 3 is 2.37 bits per heavy atom. The topological polar surface area (TPSA) is 93.9 Å². The molecule has 2 aliphatic rings. The maximum atomic E-state index is 13.1. The van der Waals surface area contributed by atoms with E-state index < -0.39 is 38.9 Å². The largest absolute Gasteiger partial charge is 0.444 e. The molecule has 1 aliphatic heterocycles.